The Kier molecular flexibility index (Phi) is 10.2. The molecule has 2 aromatic rings. The minimum atomic E-state index is -1.14. The van der Waals surface area contributed by atoms with Crippen LogP contribution in [0.1, 0.15) is 22.5 Å². The molecular formula is C21H25N3O5S2. The highest BCUT2D eigenvalue weighted by atomic mass is 32.2. The second-order valence-corrected chi connectivity index (χ2v) is 9.13. The van der Waals surface area contributed by atoms with Gasteiger partial charge in [-0.2, -0.15) is 0 Å². The third-order valence-electron chi connectivity index (χ3n) is 4.85. The first kappa shape index (κ1) is 24.6. The number of carboxylic acids is 1. The van der Waals surface area contributed by atoms with Gasteiger partial charge in [-0.1, -0.05) is 30.0 Å². The summed E-state index contributed by atoms with van der Waals surface area (Å²) in [5, 5.41) is 18.6. The number of nitrogens with one attached hydrogen (secondary N) is 1. The maximum absolute atomic E-state index is 12.5. The van der Waals surface area contributed by atoms with E-state index in [9.17, 15) is 9.59 Å². The van der Waals surface area contributed by atoms with E-state index in [1.54, 1.807) is 18.0 Å². The van der Waals surface area contributed by atoms with Crippen molar-refractivity contribution in [3.63, 3.8) is 0 Å². The van der Waals surface area contributed by atoms with Gasteiger partial charge in [0.1, 0.15) is 11.7 Å². The highest BCUT2D eigenvalue weighted by Gasteiger charge is 2.35. The summed E-state index contributed by atoms with van der Waals surface area (Å²) in [6, 6.07) is 10.4. The number of benzene rings is 1. The second kappa shape index (κ2) is 12.9. The summed E-state index contributed by atoms with van der Waals surface area (Å²) in [7, 11) is 0. The van der Waals surface area contributed by atoms with Crippen LogP contribution in [-0.4, -0.2) is 64.4 Å². The van der Waals surface area contributed by atoms with E-state index in [4.69, 9.17) is 15.0 Å². The van der Waals surface area contributed by atoms with Crippen molar-refractivity contribution in [2.45, 2.75) is 28.1 Å². The molecule has 1 aromatic carbocycles. The molecule has 0 saturated carbocycles. The fourth-order valence-corrected chi connectivity index (χ4v) is 5.31. The zero-order valence-corrected chi connectivity index (χ0v) is 18.5. The predicted molar refractivity (Wildman–Crippen MR) is 120 cm³/mol. The fourth-order valence-electron chi connectivity index (χ4n) is 3.43. The van der Waals surface area contributed by atoms with Crippen LogP contribution in [0.3, 0.4) is 0 Å². The molecule has 5 rings (SSSR count). The van der Waals surface area contributed by atoms with Crippen LogP contribution in [0.5, 0.6) is 0 Å². The minimum Gasteiger partial charge on any atom is -0.515 e. The third-order valence-corrected chi connectivity index (χ3v) is 6.93. The Balaban J connectivity index is 0.000000372. The lowest BCUT2D eigenvalue weighted by Crippen LogP contribution is -2.57. The normalized spacial score (nSPS) is 21.4. The smallest absolute Gasteiger partial charge is 0.331 e. The topological polar surface area (TPSA) is 120 Å². The summed E-state index contributed by atoms with van der Waals surface area (Å²) < 4.78 is 0.912. The van der Waals surface area contributed by atoms with E-state index in [2.05, 4.69) is 27.3 Å². The lowest BCUT2D eigenvalue weighted by Gasteiger charge is -2.44. The molecule has 8 nitrogen and oxygen atoms in total. The van der Waals surface area contributed by atoms with Gasteiger partial charge in [-0.05, 0) is 44.0 Å². The number of rotatable bonds is 5. The van der Waals surface area contributed by atoms with Crippen molar-refractivity contribution in [1.82, 2.24) is 15.2 Å². The lowest BCUT2D eigenvalue weighted by atomic mass is 9.84. The van der Waals surface area contributed by atoms with Gasteiger partial charge < -0.3 is 25.2 Å². The first-order valence-corrected chi connectivity index (χ1v) is 11.2. The molecule has 1 amide bonds. The number of carboxylic acid groups (broad SMARTS) is 1. The molecule has 0 aliphatic carbocycles. The van der Waals surface area contributed by atoms with E-state index in [1.807, 2.05) is 25.0 Å². The van der Waals surface area contributed by atoms with Crippen LogP contribution in [0.4, 0.5) is 0 Å². The van der Waals surface area contributed by atoms with E-state index in [1.165, 1.54) is 37.3 Å². The number of hydrogen-bond donors (Lipinski definition) is 3. The quantitative estimate of drug-likeness (QED) is 0.457. The van der Waals surface area contributed by atoms with Crippen LogP contribution in [-0.2, 0) is 9.59 Å². The van der Waals surface area contributed by atoms with Crippen molar-refractivity contribution in [3.05, 3.63) is 53.7 Å². The van der Waals surface area contributed by atoms with Gasteiger partial charge in [0.05, 0.1) is 18.5 Å². The van der Waals surface area contributed by atoms with Gasteiger partial charge in [-0.25, -0.2) is 9.78 Å². The molecule has 3 aliphatic heterocycles. The largest absolute Gasteiger partial charge is 0.515 e. The SMILES string of the molecule is C=O.O=C(N[C@H]1CN2CCC1CC2)c1cnc(Sc2ccccc2)s1.O=C(O)/C=C/O. The molecule has 1 atom stereocenters. The zero-order chi connectivity index (χ0) is 22.6. The molecule has 0 spiro atoms. The molecule has 0 unspecified atom stereocenters. The number of carbonyl (C=O) groups is 3. The summed E-state index contributed by atoms with van der Waals surface area (Å²) in [5.74, 6) is -0.464. The third kappa shape index (κ3) is 7.82. The molecule has 4 heterocycles. The standard InChI is InChI=1S/C17H19N3OS2.C3H4O3.CH2O/c21-16(19-14-11-20-8-6-12(14)7-9-20)15-10-18-17(23-15)22-13-4-2-1-3-5-13;4-2-1-3(5)6;1-2/h1-5,10,12,14H,6-9,11H2,(H,19,21);1-2,4H,(H,5,6);1H2/b;2-1+;/t14-;;/m0../s1. The molecule has 3 N–H and O–H groups in total. The summed E-state index contributed by atoms with van der Waals surface area (Å²) in [4.78, 5) is 38.5. The Morgan fingerprint density at radius 2 is 1.90 bits per heavy atom. The van der Waals surface area contributed by atoms with E-state index in [0.717, 1.165) is 15.8 Å². The Morgan fingerprint density at radius 1 is 1.23 bits per heavy atom. The number of aromatic nitrogens is 1. The predicted octanol–water partition coefficient (Wildman–Crippen LogP) is 3.08. The number of piperidine rings is 3. The van der Waals surface area contributed by atoms with E-state index >= 15 is 0 Å². The van der Waals surface area contributed by atoms with Crippen molar-refractivity contribution in [1.29, 1.82) is 0 Å². The Bertz CT molecular complexity index is 867. The number of aliphatic carboxylic acids is 1. The second-order valence-electron chi connectivity index (χ2n) is 6.78. The van der Waals surface area contributed by atoms with E-state index in [-0.39, 0.29) is 5.91 Å². The van der Waals surface area contributed by atoms with Gasteiger partial charge in [-0.3, -0.25) is 4.79 Å². The van der Waals surface area contributed by atoms with Gasteiger partial charge in [0.25, 0.3) is 5.91 Å². The monoisotopic (exact) mass is 463 g/mol. The minimum absolute atomic E-state index is 0.0289. The molecule has 166 valence electrons. The number of fused-ring (bicyclic) bond motifs is 3. The number of carbonyl (C=O) groups excluding carboxylic acids is 2. The van der Waals surface area contributed by atoms with Crippen LogP contribution in [0.15, 0.2) is 58.1 Å². The highest BCUT2D eigenvalue weighted by molar-refractivity contribution is 8.01. The van der Waals surface area contributed by atoms with Crippen LogP contribution in [0, 0.1) is 5.92 Å². The Morgan fingerprint density at radius 3 is 2.42 bits per heavy atom. The molecule has 3 aliphatic rings. The number of amides is 1. The summed E-state index contributed by atoms with van der Waals surface area (Å²) >= 11 is 3.07. The number of thiazole rings is 1. The molecule has 1 aromatic heterocycles. The molecule has 10 heteroatoms. The maximum atomic E-state index is 12.5. The molecule has 3 saturated heterocycles. The maximum Gasteiger partial charge on any atom is 0.331 e. The number of aliphatic hydroxyl groups is 1. The van der Waals surface area contributed by atoms with Gasteiger partial charge in [0.15, 0.2) is 4.34 Å². The van der Waals surface area contributed by atoms with Crippen molar-refractivity contribution in [2.75, 3.05) is 19.6 Å². The van der Waals surface area contributed by atoms with Gasteiger partial charge in [0, 0.05) is 17.5 Å². The molecule has 31 heavy (non-hydrogen) atoms. The van der Waals surface area contributed by atoms with Crippen LogP contribution in [0.25, 0.3) is 0 Å². The zero-order valence-electron chi connectivity index (χ0n) is 16.8. The highest BCUT2D eigenvalue weighted by Crippen LogP contribution is 2.31. The first-order chi connectivity index (χ1) is 15.0. The van der Waals surface area contributed by atoms with Crippen molar-refractivity contribution in [3.8, 4) is 0 Å². The van der Waals surface area contributed by atoms with Gasteiger partial charge >= 0.3 is 5.97 Å². The van der Waals surface area contributed by atoms with Crippen molar-refractivity contribution in [2.24, 2.45) is 5.92 Å². The molecule has 2 bridgehead atoms. The molecule has 0 radical (unpaired) electrons. The molecular weight excluding hydrogens is 438 g/mol. The lowest BCUT2D eigenvalue weighted by molar-refractivity contribution is -0.131. The van der Waals surface area contributed by atoms with Crippen LogP contribution >= 0.6 is 23.1 Å². The van der Waals surface area contributed by atoms with Crippen LogP contribution in [0.2, 0.25) is 0 Å². The average molecular weight is 464 g/mol. The van der Waals surface area contributed by atoms with E-state index < -0.39 is 5.97 Å². The van der Waals surface area contributed by atoms with Crippen LogP contribution < -0.4 is 5.32 Å². The van der Waals surface area contributed by atoms with Gasteiger partial charge in [0.2, 0.25) is 0 Å². The molecule has 3 fully saturated rings. The summed E-state index contributed by atoms with van der Waals surface area (Å²) in [6.45, 7) is 5.38. The fraction of sp³-hybridized carbons (Fsp3) is 0.333. The summed E-state index contributed by atoms with van der Waals surface area (Å²) in [6.07, 6.45) is 5.24. The van der Waals surface area contributed by atoms with Gasteiger partial charge in [-0.15, -0.1) is 11.3 Å². The Labute approximate surface area is 189 Å². The average Bonchev–Trinajstić information content (AvgIpc) is 3.26. The first-order valence-electron chi connectivity index (χ1n) is 9.59. The summed E-state index contributed by atoms with van der Waals surface area (Å²) in [5.41, 5.74) is 0. The number of aliphatic hydroxyl groups excluding tert-OH is 1. The van der Waals surface area contributed by atoms with Crippen molar-refractivity contribution >= 4 is 41.8 Å². The Hall–Kier alpha value is -2.69. The number of hydrogen-bond acceptors (Lipinski definition) is 8. The number of nitrogens with zero attached hydrogens (tertiary/aromatic N) is 2. The van der Waals surface area contributed by atoms with E-state index in [0.29, 0.717) is 29.2 Å². The van der Waals surface area contributed by atoms with Crippen molar-refractivity contribution < 1.29 is 24.6 Å².